The van der Waals surface area contributed by atoms with Gasteiger partial charge in [0, 0.05) is 47.0 Å². The van der Waals surface area contributed by atoms with Gasteiger partial charge in [-0.1, -0.05) is 60.7 Å². The molecule has 0 spiro atoms. The Hall–Kier alpha value is -5.88. The Bertz CT molecular complexity index is 2210. The Balaban J connectivity index is 1.34. The van der Waals surface area contributed by atoms with Gasteiger partial charge in [-0.2, -0.15) is 0 Å². The standard InChI is InChI=1S/C38H26N4O2/c1-43-33-15-11-23-21-25(29-5-3-7-31-37(29)41-19-17-39-31)9-13-27(23)35(33)36-28-14-10-26(22-24(28)12-16-34(36)44-2)30-6-4-8-32-38(30)42-20-18-40-32/h3-22H,1-2H3. The normalized spacial score (nSPS) is 11.4. The van der Waals surface area contributed by atoms with Crippen molar-refractivity contribution in [2.75, 3.05) is 14.2 Å². The molecule has 0 N–H and O–H groups in total. The van der Waals surface area contributed by atoms with Gasteiger partial charge in [0.15, 0.2) is 0 Å². The molecule has 6 nitrogen and oxygen atoms in total. The molecule has 0 saturated heterocycles. The Labute approximate surface area is 253 Å². The number of aromatic nitrogens is 4. The van der Waals surface area contributed by atoms with Crippen LogP contribution in [-0.2, 0) is 0 Å². The summed E-state index contributed by atoms with van der Waals surface area (Å²) in [6.45, 7) is 0. The van der Waals surface area contributed by atoms with Crippen molar-refractivity contribution in [1.29, 1.82) is 0 Å². The van der Waals surface area contributed by atoms with E-state index in [-0.39, 0.29) is 0 Å². The Kier molecular flexibility index (Phi) is 6.12. The highest BCUT2D eigenvalue weighted by Gasteiger charge is 2.20. The number of ether oxygens (including phenoxy) is 2. The molecule has 8 rings (SSSR count). The summed E-state index contributed by atoms with van der Waals surface area (Å²) in [5.41, 5.74) is 9.72. The lowest BCUT2D eigenvalue weighted by molar-refractivity contribution is 0.411. The number of fused-ring (bicyclic) bond motifs is 4. The summed E-state index contributed by atoms with van der Waals surface area (Å²) < 4.78 is 12.0. The molecular weight excluding hydrogens is 544 g/mol. The average molecular weight is 571 g/mol. The smallest absolute Gasteiger partial charge is 0.127 e. The van der Waals surface area contributed by atoms with Gasteiger partial charge in [0.05, 0.1) is 36.3 Å². The molecule has 0 aliphatic rings. The quantitative estimate of drug-likeness (QED) is 0.206. The summed E-state index contributed by atoms with van der Waals surface area (Å²) in [5.74, 6) is 1.56. The van der Waals surface area contributed by atoms with Crippen molar-refractivity contribution in [3.63, 3.8) is 0 Å². The largest absolute Gasteiger partial charge is 0.496 e. The molecule has 0 aliphatic carbocycles. The van der Waals surface area contributed by atoms with E-state index >= 15 is 0 Å². The van der Waals surface area contributed by atoms with E-state index in [1.165, 1.54) is 0 Å². The van der Waals surface area contributed by atoms with Crippen molar-refractivity contribution in [2.24, 2.45) is 0 Å². The number of rotatable bonds is 5. The van der Waals surface area contributed by atoms with Gasteiger partial charge in [0.2, 0.25) is 0 Å². The molecule has 44 heavy (non-hydrogen) atoms. The van der Waals surface area contributed by atoms with Crippen LogP contribution < -0.4 is 9.47 Å². The summed E-state index contributed by atoms with van der Waals surface area (Å²) in [6, 6.07) is 33.5. The Morgan fingerprint density at radius 1 is 0.455 bits per heavy atom. The maximum absolute atomic E-state index is 5.98. The maximum atomic E-state index is 5.98. The van der Waals surface area contributed by atoms with Gasteiger partial charge in [0.25, 0.3) is 0 Å². The zero-order valence-corrected chi connectivity index (χ0v) is 24.2. The SMILES string of the molecule is COc1ccc2cc(-c3cccc4nccnc34)ccc2c1-c1c(OC)ccc2cc(-c3cccc4nccnc34)ccc12. The van der Waals surface area contributed by atoms with E-state index in [9.17, 15) is 0 Å². The fourth-order valence-corrected chi connectivity index (χ4v) is 6.26. The minimum atomic E-state index is 0.778. The zero-order chi connectivity index (χ0) is 29.6. The second-order valence-electron chi connectivity index (χ2n) is 10.6. The molecule has 6 heteroatoms. The van der Waals surface area contributed by atoms with Gasteiger partial charge >= 0.3 is 0 Å². The topological polar surface area (TPSA) is 70.0 Å². The minimum Gasteiger partial charge on any atom is -0.496 e. The van der Waals surface area contributed by atoms with Crippen molar-refractivity contribution in [2.45, 2.75) is 0 Å². The van der Waals surface area contributed by atoms with Crippen LogP contribution in [-0.4, -0.2) is 34.2 Å². The van der Waals surface area contributed by atoms with E-state index in [1.807, 2.05) is 36.4 Å². The molecule has 8 aromatic rings. The molecule has 0 aliphatic heterocycles. The van der Waals surface area contributed by atoms with Gasteiger partial charge in [-0.05, 0) is 69.1 Å². The molecule has 0 radical (unpaired) electrons. The van der Waals surface area contributed by atoms with Crippen molar-refractivity contribution >= 4 is 43.6 Å². The monoisotopic (exact) mass is 570 g/mol. The number of hydrogen-bond acceptors (Lipinski definition) is 6. The summed E-state index contributed by atoms with van der Waals surface area (Å²) in [5, 5.41) is 4.31. The molecule has 0 saturated carbocycles. The second-order valence-corrected chi connectivity index (χ2v) is 10.6. The summed E-state index contributed by atoms with van der Waals surface area (Å²) in [7, 11) is 3.43. The first kappa shape index (κ1) is 25.8. The van der Waals surface area contributed by atoms with Crippen LogP contribution in [0.4, 0.5) is 0 Å². The van der Waals surface area contributed by atoms with Gasteiger partial charge in [-0.3, -0.25) is 19.9 Å². The minimum absolute atomic E-state index is 0.778. The third kappa shape index (κ3) is 4.11. The summed E-state index contributed by atoms with van der Waals surface area (Å²) in [6.07, 6.45) is 6.92. The highest BCUT2D eigenvalue weighted by molar-refractivity contribution is 6.11. The van der Waals surface area contributed by atoms with Crippen LogP contribution in [0.3, 0.4) is 0 Å². The third-order valence-electron chi connectivity index (χ3n) is 8.27. The highest BCUT2D eigenvalue weighted by atomic mass is 16.5. The van der Waals surface area contributed by atoms with E-state index in [2.05, 4.69) is 80.6 Å². The molecule has 210 valence electrons. The first-order chi connectivity index (χ1) is 21.7. The predicted molar refractivity (Wildman–Crippen MR) is 177 cm³/mol. The fraction of sp³-hybridized carbons (Fsp3) is 0.0526. The molecule has 2 heterocycles. The lowest BCUT2D eigenvalue weighted by atomic mass is 9.89. The van der Waals surface area contributed by atoms with E-state index in [4.69, 9.17) is 9.47 Å². The molecule has 0 amide bonds. The van der Waals surface area contributed by atoms with E-state index in [1.54, 1.807) is 39.0 Å². The van der Waals surface area contributed by atoms with Crippen molar-refractivity contribution in [1.82, 2.24) is 19.9 Å². The summed E-state index contributed by atoms with van der Waals surface area (Å²) in [4.78, 5) is 18.2. The van der Waals surface area contributed by atoms with Crippen molar-refractivity contribution in [3.05, 3.63) is 122 Å². The van der Waals surface area contributed by atoms with Gasteiger partial charge in [-0.25, -0.2) is 0 Å². The lowest BCUT2D eigenvalue weighted by Crippen LogP contribution is -1.95. The maximum Gasteiger partial charge on any atom is 0.127 e. The molecule has 0 fully saturated rings. The third-order valence-corrected chi connectivity index (χ3v) is 8.27. The van der Waals surface area contributed by atoms with Crippen LogP contribution in [0.2, 0.25) is 0 Å². The van der Waals surface area contributed by atoms with E-state index in [0.717, 1.165) is 88.5 Å². The zero-order valence-electron chi connectivity index (χ0n) is 24.2. The molecular formula is C38H26N4O2. The first-order valence-electron chi connectivity index (χ1n) is 14.4. The predicted octanol–water partition coefficient (Wildman–Crippen LogP) is 8.90. The number of para-hydroxylation sites is 2. The fourth-order valence-electron chi connectivity index (χ4n) is 6.26. The number of nitrogens with zero attached hydrogens (tertiary/aromatic N) is 4. The van der Waals surface area contributed by atoms with Gasteiger partial charge in [0.1, 0.15) is 11.5 Å². The molecule has 0 unspecified atom stereocenters. The van der Waals surface area contributed by atoms with Crippen LogP contribution in [0.25, 0.3) is 77.0 Å². The van der Waals surface area contributed by atoms with Crippen LogP contribution in [0.5, 0.6) is 11.5 Å². The van der Waals surface area contributed by atoms with Gasteiger partial charge in [-0.15, -0.1) is 0 Å². The summed E-state index contributed by atoms with van der Waals surface area (Å²) >= 11 is 0. The van der Waals surface area contributed by atoms with Crippen molar-refractivity contribution in [3.8, 4) is 44.9 Å². The first-order valence-corrected chi connectivity index (χ1v) is 14.4. The van der Waals surface area contributed by atoms with Crippen molar-refractivity contribution < 1.29 is 9.47 Å². The Morgan fingerprint density at radius 3 is 1.36 bits per heavy atom. The molecule has 0 bridgehead atoms. The average Bonchev–Trinajstić information content (AvgIpc) is 3.09. The number of methoxy groups -OCH3 is 2. The van der Waals surface area contributed by atoms with Crippen LogP contribution in [0.15, 0.2) is 122 Å². The highest BCUT2D eigenvalue weighted by Crippen LogP contribution is 2.46. The molecule has 2 aromatic heterocycles. The van der Waals surface area contributed by atoms with Crippen LogP contribution >= 0.6 is 0 Å². The number of hydrogen-bond donors (Lipinski definition) is 0. The molecule has 6 aromatic carbocycles. The van der Waals surface area contributed by atoms with E-state index in [0.29, 0.717) is 0 Å². The van der Waals surface area contributed by atoms with Crippen LogP contribution in [0, 0.1) is 0 Å². The van der Waals surface area contributed by atoms with Crippen LogP contribution in [0.1, 0.15) is 0 Å². The lowest BCUT2D eigenvalue weighted by Gasteiger charge is -2.19. The number of benzene rings is 6. The Morgan fingerprint density at radius 2 is 0.909 bits per heavy atom. The second kappa shape index (κ2) is 10.4. The van der Waals surface area contributed by atoms with E-state index < -0.39 is 0 Å². The molecule has 0 atom stereocenters. The van der Waals surface area contributed by atoms with Gasteiger partial charge < -0.3 is 9.47 Å².